The van der Waals surface area contributed by atoms with Crippen LogP contribution < -0.4 is 18.9 Å². The first kappa shape index (κ1) is 10.8. The van der Waals surface area contributed by atoms with E-state index in [2.05, 4.69) is 11.2 Å². The van der Waals surface area contributed by atoms with E-state index in [0.29, 0.717) is 0 Å². The minimum absolute atomic E-state index is 0. The Morgan fingerprint density at radius 3 is 2.73 bits per heavy atom. The quantitative estimate of drug-likeness (QED) is 0.198. The van der Waals surface area contributed by atoms with Crippen molar-refractivity contribution in [1.29, 1.82) is 0 Å². The SMILES string of the molecule is CN(C)/N=C/C1=[C-]CCC1.[Li+]. The van der Waals surface area contributed by atoms with E-state index in [1.54, 1.807) is 5.01 Å². The average Bonchev–Trinajstić information content (AvgIpc) is 2.34. The van der Waals surface area contributed by atoms with E-state index >= 15 is 0 Å². The van der Waals surface area contributed by atoms with Crippen LogP contribution in [0, 0.1) is 6.08 Å². The van der Waals surface area contributed by atoms with E-state index in [-0.39, 0.29) is 18.9 Å². The normalized spacial score (nSPS) is 16.4. The van der Waals surface area contributed by atoms with Crippen LogP contribution in [0.15, 0.2) is 10.7 Å². The molecular formula is C8H13LiN2. The maximum absolute atomic E-state index is 4.12. The van der Waals surface area contributed by atoms with Gasteiger partial charge < -0.3 is 5.01 Å². The summed E-state index contributed by atoms with van der Waals surface area (Å²) >= 11 is 0. The van der Waals surface area contributed by atoms with Gasteiger partial charge in [-0.3, -0.25) is 11.2 Å². The van der Waals surface area contributed by atoms with Crippen LogP contribution in [0.4, 0.5) is 0 Å². The molecule has 0 amide bonds. The Morgan fingerprint density at radius 1 is 1.55 bits per heavy atom. The van der Waals surface area contributed by atoms with Gasteiger partial charge in [0.2, 0.25) is 0 Å². The van der Waals surface area contributed by atoms with Crippen molar-refractivity contribution in [2.45, 2.75) is 19.3 Å². The molecule has 0 aromatic carbocycles. The predicted molar refractivity (Wildman–Crippen MR) is 42.8 cm³/mol. The number of hydrogen-bond acceptors (Lipinski definition) is 2. The third kappa shape index (κ3) is 4.29. The maximum atomic E-state index is 4.12. The van der Waals surface area contributed by atoms with Crippen molar-refractivity contribution >= 4 is 6.21 Å². The minimum Gasteiger partial charge on any atom is -0.321 e. The van der Waals surface area contributed by atoms with Crippen molar-refractivity contribution in [2.75, 3.05) is 14.1 Å². The van der Waals surface area contributed by atoms with Gasteiger partial charge in [0.25, 0.3) is 0 Å². The first-order valence-electron chi connectivity index (χ1n) is 3.60. The molecule has 0 aliphatic heterocycles. The second kappa shape index (κ2) is 5.46. The van der Waals surface area contributed by atoms with Gasteiger partial charge in [-0.15, -0.1) is 12.6 Å². The summed E-state index contributed by atoms with van der Waals surface area (Å²) in [5, 5.41) is 5.91. The van der Waals surface area contributed by atoms with E-state index < -0.39 is 0 Å². The van der Waals surface area contributed by atoms with Crippen LogP contribution in [0.3, 0.4) is 0 Å². The molecule has 0 spiro atoms. The Labute approximate surface area is 80.5 Å². The summed E-state index contributed by atoms with van der Waals surface area (Å²) in [6, 6.07) is 0. The summed E-state index contributed by atoms with van der Waals surface area (Å²) in [6.45, 7) is 0. The van der Waals surface area contributed by atoms with Crippen LogP contribution in [0.5, 0.6) is 0 Å². The number of hydrazone groups is 1. The molecule has 1 aliphatic carbocycles. The zero-order valence-corrected chi connectivity index (χ0v) is 7.59. The molecular weight excluding hydrogens is 131 g/mol. The molecule has 1 rings (SSSR count). The number of nitrogens with zero attached hydrogens (tertiary/aromatic N) is 2. The van der Waals surface area contributed by atoms with Crippen molar-refractivity contribution in [3.8, 4) is 0 Å². The third-order valence-corrected chi connectivity index (χ3v) is 1.42. The van der Waals surface area contributed by atoms with Gasteiger partial charge in [-0.2, -0.15) is 0 Å². The summed E-state index contributed by atoms with van der Waals surface area (Å²) in [5.41, 5.74) is 1.26. The molecule has 0 heterocycles. The van der Waals surface area contributed by atoms with Gasteiger partial charge in [-0.1, -0.05) is 12.8 Å². The van der Waals surface area contributed by atoms with Crippen LogP contribution in [0.2, 0.25) is 0 Å². The topological polar surface area (TPSA) is 15.6 Å². The van der Waals surface area contributed by atoms with Crippen molar-refractivity contribution < 1.29 is 18.9 Å². The molecule has 0 atom stereocenters. The van der Waals surface area contributed by atoms with Crippen molar-refractivity contribution in [2.24, 2.45) is 5.10 Å². The molecule has 0 saturated carbocycles. The molecule has 0 aromatic heterocycles. The van der Waals surface area contributed by atoms with E-state index in [1.807, 2.05) is 20.3 Å². The minimum atomic E-state index is 0. The number of rotatable bonds is 2. The molecule has 0 aromatic rings. The van der Waals surface area contributed by atoms with Crippen LogP contribution >= 0.6 is 0 Å². The Kier molecular flexibility index (Phi) is 5.36. The van der Waals surface area contributed by atoms with Crippen LogP contribution in [0.1, 0.15) is 19.3 Å². The number of allylic oxidation sites excluding steroid dienone is 2. The fourth-order valence-electron chi connectivity index (χ4n) is 0.912. The van der Waals surface area contributed by atoms with Crippen LogP contribution in [-0.2, 0) is 0 Å². The van der Waals surface area contributed by atoms with Crippen LogP contribution in [0.25, 0.3) is 0 Å². The van der Waals surface area contributed by atoms with E-state index in [9.17, 15) is 0 Å². The Morgan fingerprint density at radius 2 is 2.27 bits per heavy atom. The zero-order valence-electron chi connectivity index (χ0n) is 7.59. The Bertz CT molecular complexity index is 161. The molecule has 56 valence electrons. The first-order valence-corrected chi connectivity index (χ1v) is 3.60. The van der Waals surface area contributed by atoms with Gasteiger partial charge in [0.1, 0.15) is 0 Å². The monoisotopic (exact) mass is 144 g/mol. The van der Waals surface area contributed by atoms with Crippen LogP contribution in [-0.4, -0.2) is 25.3 Å². The summed E-state index contributed by atoms with van der Waals surface area (Å²) in [4.78, 5) is 0. The molecule has 0 radical (unpaired) electrons. The predicted octanol–water partition coefficient (Wildman–Crippen LogP) is -1.55. The largest absolute Gasteiger partial charge is 1.00 e. The molecule has 0 bridgehead atoms. The van der Waals surface area contributed by atoms with Gasteiger partial charge in [0, 0.05) is 14.1 Å². The molecule has 0 unspecified atom stereocenters. The number of hydrogen-bond donors (Lipinski definition) is 0. The Balaban J connectivity index is 0.000001000. The molecule has 0 saturated heterocycles. The maximum Gasteiger partial charge on any atom is 1.00 e. The fourth-order valence-corrected chi connectivity index (χ4v) is 0.912. The van der Waals surface area contributed by atoms with Crippen molar-refractivity contribution in [1.82, 2.24) is 5.01 Å². The summed E-state index contributed by atoms with van der Waals surface area (Å²) in [6.07, 6.45) is 8.65. The second-order valence-electron chi connectivity index (χ2n) is 2.65. The van der Waals surface area contributed by atoms with Crippen molar-refractivity contribution in [3.05, 3.63) is 11.6 Å². The van der Waals surface area contributed by atoms with E-state index in [0.717, 1.165) is 12.8 Å². The summed E-state index contributed by atoms with van der Waals surface area (Å²) in [7, 11) is 3.85. The van der Waals surface area contributed by atoms with Gasteiger partial charge >= 0.3 is 18.9 Å². The molecule has 2 nitrogen and oxygen atoms in total. The smallest absolute Gasteiger partial charge is 0.321 e. The fraction of sp³-hybridized carbons (Fsp3) is 0.625. The zero-order chi connectivity index (χ0) is 7.40. The van der Waals surface area contributed by atoms with E-state index in [4.69, 9.17) is 0 Å². The third-order valence-electron chi connectivity index (χ3n) is 1.42. The Hall–Kier alpha value is -0.193. The van der Waals surface area contributed by atoms with Gasteiger partial charge in [-0.25, -0.2) is 5.57 Å². The van der Waals surface area contributed by atoms with Gasteiger partial charge in [0.05, 0.1) is 0 Å². The summed E-state index contributed by atoms with van der Waals surface area (Å²) in [5.74, 6) is 0. The van der Waals surface area contributed by atoms with E-state index in [1.165, 1.54) is 12.0 Å². The average molecular weight is 144 g/mol. The molecule has 1 aliphatic rings. The molecule has 0 N–H and O–H groups in total. The second-order valence-corrected chi connectivity index (χ2v) is 2.65. The van der Waals surface area contributed by atoms with Crippen molar-refractivity contribution in [3.63, 3.8) is 0 Å². The summed E-state index contributed by atoms with van der Waals surface area (Å²) < 4.78 is 0. The van der Waals surface area contributed by atoms with Gasteiger partial charge in [0.15, 0.2) is 0 Å². The van der Waals surface area contributed by atoms with Gasteiger partial charge in [-0.05, 0) is 0 Å². The standard InChI is InChI=1S/C8H13N2.Li/c1-10(2)9-7-8-5-3-4-6-8;/h7H,3-5H2,1-2H3;/q-1;+1/b9-7+;. The molecule has 3 heteroatoms. The molecule has 0 fully saturated rings. The first-order chi connectivity index (χ1) is 4.79. The molecule has 11 heavy (non-hydrogen) atoms.